The third-order valence-electron chi connectivity index (χ3n) is 4.88. The molecule has 1 fully saturated rings. The highest BCUT2D eigenvalue weighted by molar-refractivity contribution is 5.97. The Balaban J connectivity index is 1.94. The van der Waals surface area contributed by atoms with Gasteiger partial charge in [0.1, 0.15) is 0 Å². The van der Waals surface area contributed by atoms with Crippen LogP contribution in [0.5, 0.6) is 0 Å². The second-order valence-corrected chi connectivity index (χ2v) is 6.36. The van der Waals surface area contributed by atoms with E-state index in [9.17, 15) is 0 Å². The van der Waals surface area contributed by atoms with Gasteiger partial charge in [0.15, 0.2) is 0 Å². The number of nitrogens with zero attached hydrogens (tertiary/aromatic N) is 2. The van der Waals surface area contributed by atoms with E-state index in [4.69, 9.17) is 11.0 Å². The zero-order chi connectivity index (χ0) is 15.8. The number of anilines is 1. The molecule has 1 aromatic heterocycles. The molecule has 1 aliphatic rings. The number of rotatable bonds is 2. The van der Waals surface area contributed by atoms with Crippen molar-refractivity contribution in [1.82, 2.24) is 4.57 Å². The minimum atomic E-state index is 0.562. The van der Waals surface area contributed by atoms with E-state index in [0.717, 1.165) is 11.3 Å². The minimum absolute atomic E-state index is 0.562. The summed E-state index contributed by atoms with van der Waals surface area (Å²) in [6.07, 6.45) is 7.31. The summed E-state index contributed by atoms with van der Waals surface area (Å²) in [5.41, 5.74) is 11.0. The van der Waals surface area contributed by atoms with Crippen molar-refractivity contribution in [3.8, 4) is 17.2 Å². The molecular weight excluding hydrogens is 282 g/mol. The van der Waals surface area contributed by atoms with Gasteiger partial charge in [-0.2, -0.15) is 5.26 Å². The fraction of sp³-hybridized carbons (Fsp3) is 0.250. The standard InChI is InChI=1S/C20H19N3/c21-12-14-4-3-5-15(10-14)19-13-23(17-6-1-2-7-17)20-11-16(22)8-9-18(19)20/h3-5,8-11,13,17H,1-2,6-7,22H2. The van der Waals surface area contributed by atoms with Gasteiger partial charge in [-0.05, 0) is 42.7 Å². The quantitative estimate of drug-likeness (QED) is 0.686. The number of nitrogens with two attached hydrogens (primary N) is 1. The summed E-state index contributed by atoms with van der Waals surface area (Å²) in [5, 5.41) is 10.4. The highest BCUT2D eigenvalue weighted by Gasteiger charge is 2.20. The molecule has 0 amide bonds. The smallest absolute Gasteiger partial charge is 0.0991 e. The van der Waals surface area contributed by atoms with E-state index in [0.29, 0.717) is 11.6 Å². The largest absolute Gasteiger partial charge is 0.399 e. The van der Waals surface area contributed by atoms with E-state index in [-0.39, 0.29) is 0 Å². The number of hydrogen-bond acceptors (Lipinski definition) is 2. The van der Waals surface area contributed by atoms with Gasteiger partial charge in [-0.25, -0.2) is 0 Å². The van der Waals surface area contributed by atoms with Gasteiger partial charge in [0.2, 0.25) is 0 Å². The van der Waals surface area contributed by atoms with Crippen LogP contribution >= 0.6 is 0 Å². The molecular formula is C20H19N3. The maximum absolute atomic E-state index is 9.16. The van der Waals surface area contributed by atoms with E-state index in [2.05, 4.69) is 35.0 Å². The molecule has 0 atom stereocenters. The molecule has 2 N–H and O–H groups in total. The summed E-state index contributed by atoms with van der Waals surface area (Å²) < 4.78 is 2.40. The average molecular weight is 301 g/mol. The normalized spacial score (nSPS) is 15.1. The van der Waals surface area contributed by atoms with Crippen LogP contribution < -0.4 is 5.73 Å². The Morgan fingerprint density at radius 2 is 1.91 bits per heavy atom. The van der Waals surface area contributed by atoms with Crippen LogP contribution in [-0.2, 0) is 0 Å². The van der Waals surface area contributed by atoms with Crippen LogP contribution in [0.3, 0.4) is 0 Å². The monoisotopic (exact) mass is 301 g/mol. The molecule has 2 aromatic carbocycles. The highest BCUT2D eigenvalue weighted by Crippen LogP contribution is 2.38. The molecule has 0 unspecified atom stereocenters. The van der Waals surface area contributed by atoms with E-state index in [1.54, 1.807) is 0 Å². The number of nitriles is 1. The predicted molar refractivity (Wildman–Crippen MR) is 94.0 cm³/mol. The van der Waals surface area contributed by atoms with Crippen LogP contribution in [-0.4, -0.2) is 4.57 Å². The Labute approximate surface area is 136 Å². The maximum Gasteiger partial charge on any atom is 0.0991 e. The Morgan fingerprint density at radius 3 is 2.70 bits per heavy atom. The van der Waals surface area contributed by atoms with Gasteiger partial charge in [-0.1, -0.05) is 31.0 Å². The maximum atomic E-state index is 9.16. The first-order valence-electron chi connectivity index (χ1n) is 8.17. The number of hydrogen-bond donors (Lipinski definition) is 1. The molecule has 0 bridgehead atoms. The predicted octanol–water partition coefficient (Wildman–Crippen LogP) is 4.88. The van der Waals surface area contributed by atoms with Crippen molar-refractivity contribution in [2.45, 2.75) is 31.7 Å². The first-order valence-corrected chi connectivity index (χ1v) is 8.17. The molecule has 3 aromatic rings. The van der Waals surface area contributed by atoms with Crippen molar-refractivity contribution >= 4 is 16.6 Å². The fourth-order valence-corrected chi connectivity index (χ4v) is 3.74. The molecule has 1 heterocycles. The van der Waals surface area contributed by atoms with Crippen molar-refractivity contribution < 1.29 is 0 Å². The van der Waals surface area contributed by atoms with Crippen molar-refractivity contribution in [2.75, 3.05) is 5.73 Å². The van der Waals surface area contributed by atoms with Gasteiger partial charge in [0.05, 0.1) is 17.1 Å². The summed E-state index contributed by atoms with van der Waals surface area (Å²) in [6, 6.07) is 16.8. The molecule has 23 heavy (non-hydrogen) atoms. The van der Waals surface area contributed by atoms with E-state index in [1.165, 1.54) is 42.1 Å². The Morgan fingerprint density at radius 1 is 1.09 bits per heavy atom. The summed E-state index contributed by atoms with van der Waals surface area (Å²) in [4.78, 5) is 0. The highest BCUT2D eigenvalue weighted by atomic mass is 15.0. The lowest BCUT2D eigenvalue weighted by molar-refractivity contribution is 0.536. The summed E-state index contributed by atoms with van der Waals surface area (Å²) in [5.74, 6) is 0. The van der Waals surface area contributed by atoms with Crippen molar-refractivity contribution in [3.63, 3.8) is 0 Å². The Kier molecular flexibility index (Phi) is 3.31. The molecule has 114 valence electrons. The number of fused-ring (bicyclic) bond motifs is 1. The summed E-state index contributed by atoms with van der Waals surface area (Å²) >= 11 is 0. The topological polar surface area (TPSA) is 54.7 Å². The van der Waals surface area contributed by atoms with Crippen LogP contribution in [0.1, 0.15) is 37.3 Å². The van der Waals surface area contributed by atoms with Crippen LogP contribution in [0.2, 0.25) is 0 Å². The summed E-state index contributed by atoms with van der Waals surface area (Å²) in [6.45, 7) is 0. The van der Waals surface area contributed by atoms with Crippen molar-refractivity contribution in [2.24, 2.45) is 0 Å². The zero-order valence-electron chi connectivity index (χ0n) is 13.0. The second-order valence-electron chi connectivity index (χ2n) is 6.36. The van der Waals surface area contributed by atoms with Gasteiger partial charge in [0.25, 0.3) is 0 Å². The van der Waals surface area contributed by atoms with Gasteiger partial charge in [-0.15, -0.1) is 0 Å². The number of benzene rings is 2. The van der Waals surface area contributed by atoms with E-state index in [1.807, 2.05) is 24.3 Å². The lowest BCUT2D eigenvalue weighted by Gasteiger charge is -2.13. The van der Waals surface area contributed by atoms with Crippen molar-refractivity contribution in [1.29, 1.82) is 5.26 Å². The SMILES string of the molecule is N#Cc1cccc(-c2cn(C3CCCC3)c3cc(N)ccc23)c1. The van der Waals surface area contributed by atoms with Gasteiger partial charge < -0.3 is 10.3 Å². The van der Waals surface area contributed by atoms with E-state index < -0.39 is 0 Å². The van der Waals surface area contributed by atoms with Crippen LogP contribution in [0, 0.1) is 11.3 Å². The van der Waals surface area contributed by atoms with Crippen molar-refractivity contribution in [3.05, 3.63) is 54.2 Å². The molecule has 0 spiro atoms. The summed E-state index contributed by atoms with van der Waals surface area (Å²) in [7, 11) is 0. The first kappa shape index (κ1) is 13.9. The lowest BCUT2D eigenvalue weighted by Crippen LogP contribution is -2.02. The van der Waals surface area contributed by atoms with Crippen LogP contribution in [0.15, 0.2) is 48.7 Å². The molecule has 1 saturated carbocycles. The Hall–Kier alpha value is -2.73. The Bertz CT molecular complexity index is 908. The molecule has 0 radical (unpaired) electrons. The minimum Gasteiger partial charge on any atom is -0.399 e. The molecule has 0 aliphatic heterocycles. The lowest BCUT2D eigenvalue weighted by atomic mass is 10.0. The number of nitrogen functional groups attached to an aromatic ring is 1. The molecule has 1 aliphatic carbocycles. The fourth-order valence-electron chi connectivity index (χ4n) is 3.74. The number of aromatic nitrogens is 1. The van der Waals surface area contributed by atoms with Crippen LogP contribution in [0.25, 0.3) is 22.0 Å². The molecule has 3 nitrogen and oxygen atoms in total. The first-order chi connectivity index (χ1) is 11.3. The van der Waals surface area contributed by atoms with Gasteiger partial charge >= 0.3 is 0 Å². The molecule has 4 rings (SSSR count). The van der Waals surface area contributed by atoms with Crippen LogP contribution in [0.4, 0.5) is 5.69 Å². The third-order valence-corrected chi connectivity index (χ3v) is 4.88. The average Bonchev–Trinajstić information content (AvgIpc) is 3.21. The third kappa shape index (κ3) is 2.37. The molecule has 0 saturated heterocycles. The zero-order valence-corrected chi connectivity index (χ0v) is 13.0. The van der Waals surface area contributed by atoms with E-state index >= 15 is 0 Å². The second kappa shape index (κ2) is 5.48. The van der Waals surface area contributed by atoms with Gasteiger partial charge in [0, 0.05) is 28.9 Å². The van der Waals surface area contributed by atoms with Gasteiger partial charge in [-0.3, -0.25) is 0 Å². The molecule has 3 heteroatoms.